The molecule has 2 aliphatic rings. The summed E-state index contributed by atoms with van der Waals surface area (Å²) in [5.74, 6) is -0.549. The lowest BCUT2D eigenvalue weighted by Gasteiger charge is -2.18. The molecule has 1 N–H and O–H groups in total. The first-order valence-electron chi connectivity index (χ1n) is 8.91. The minimum Gasteiger partial charge on any atom is -0.297 e. The molecule has 2 aromatic rings. The lowest BCUT2D eigenvalue weighted by molar-refractivity contribution is -0.130. The number of anilines is 1. The Morgan fingerprint density at radius 1 is 1.21 bits per heavy atom. The van der Waals surface area contributed by atoms with Crippen LogP contribution in [-0.2, 0) is 19.6 Å². The lowest BCUT2D eigenvalue weighted by Crippen LogP contribution is -2.34. The number of hydrogen-bond donors (Lipinski definition) is 1. The zero-order chi connectivity index (χ0) is 19.9. The van der Waals surface area contributed by atoms with Crippen molar-refractivity contribution in [3.63, 3.8) is 0 Å². The number of thiazole rings is 1. The summed E-state index contributed by atoms with van der Waals surface area (Å²) in [6, 6.07) is 4.79. The second kappa shape index (κ2) is 7.22. The fourth-order valence-corrected chi connectivity index (χ4v) is 5.72. The van der Waals surface area contributed by atoms with Crippen LogP contribution in [0.25, 0.3) is 10.2 Å². The normalized spacial score (nSPS) is 18.5. The Morgan fingerprint density at radius 3 is 2.68 bits per heavy atom. The molecule has 1 saturated heterocycles. The minimum atomic E-state index is -3.50. The number of fused-ring (bicyclic) bond motifs is 1. The molecule has 0 aliphatic carbocycles. The van der Waals surface area contributed by atoms with Gasteiger partial charge < -0.3 is 0 Å². The van der Waals surface area contributed by atoms with Gasteiger partial charge in [0.05, 0.1) is 15.1 Å². The van der Waals surface area contributed by atoms with Crippen LogP contribution in [0.15, 0.2) is 28.2 Å². The number of hydrazone groups is 1. The highest BCUT2D eigenvalue weighted by Crippen LogP contribution is 2.30. The molecule has 1 aromatic heterocycles. The maximum absolute atomic E-state index is 12.7. The predicted molar refractivity (Wildman–Crippen MR) is 106 cm³/mol. The van der Waals surface area contributed by atoms with Crippen molar-refractivity contribution in [2.45, 2.75) is 30.6 Å². The van der Waals surface area contributed by atoms with Gasteiger partial charge in [-0.3, -0.25) is 14.9 Å². The quantitative estimate of drug-likeness (QED) is 0.806. The average molecular weight is 422 g/mol. The van der Waals surface area contributed by atoms with E-state index in [1.165, 1.54) is 22.7 Å². The Morgan fingerprint density at radius 2 is 1.96 bits per heavy atom. The summed E-state index contributed by atoms with van der Waals surface area (Å²) in [4.78, 5) is 28.4. The fraction of sp³-hybridized carbons (Fsp3) is 0.412. The summed E-state index contributed by atoms with van der Waals surface area (Å²) < 4.78 is 27.6. The molecule has 0 saturated carbocycles. The molecular formula is C17H19N5O4S2. The van der Waals surface area contributed by atoms with Crippen LogP contribution in [0.4, 0.5) is 5.13 Å². The van der Waals surface area contributed by atoms with Gasteiger partial charge >= 0.3 is 0 Å². The number of carbonyl (C=O) groups excluding carboxylic acids is 2. The van der Waals surface area contributed by atoms with Crippen molar-refractivity contribution >= 4 is 54.2 Å². The largest absolute Gasteiger partial charge is 0.297 e. The highest BCUT2D eigenvalue weighted by molar-refractivity contribution is 7.89. The molecule has 11 heteroatoms. The van der Waals surface area contributed by atoms with E-state index in [0.717, 1.165) is 17.9 Å². The Bertz CT molecular complexity index is 1090. The molecule has 1 aromatic carbocycles. The number of aromatic nitrogens is 1. The molecule has 2 aliphatic heterocycles. The first kappa shape index (κ1) is 19.0. The summed E-state index contributed by atoms with van der Waals surface area (Å²) in [7, 11) is -2.00. The van der Waals surface area contributed by atoms with Gasteiger partial charge in [-0.1, -0.05) is 11.3 Å². The highest BCUT2D eigenvalue weighted by atomic mass is 32.2. The number of benzene rings is 1. The summed E-state index contributed by atoms with van der Waals surface area (Å²) >= 11 is 1.20. The van der Waals surface area contributed by atoms with Crippen LogP contribution in [0.3, 0.4) is 0 Å². The van der Waals surface area contributed by atoms with Gasteiger partial charge in [0.15, 0.2) is 5.13 Å². The number of nitrogens with one attached hydrogen (secondary N) is 1. The Kier molecular flexibility index (Phi) is 4.89. The lowest BCUT2D eigenvalue weighted by atomic mass is 10.1. The topological polar surface area (TPSA) is 112 Å². The van der Waals surface area contributed by atoms with Crippen LogP contribution >= 0.6 is 11.3 Å². The zero-order valence-electron chi connectivity index (χ0n) is 15.2. The third-order valence-electron chi connectivity index (χ3n) is 4.75. The Hall–Kier alpha value is -2.37. The van der Waals surface area contributed by atoms with Gasteiger partial charge in [0.1, 0.15) is 5.71 Å². The maximum Gasteiger partial charge on any atom is 0.273 e. The van der Waals surface area contributed by atoms with Gasteiger partial charge in [-0.2, -0.15) is 9.41 Å². The minimum absolute atomic E-state index is 0.136. The second-order valence-electron chi connectivity index (χ2n) is 6.68. The SMILES string of the molecule is CN1N=C(C(=O)Nc2nc3ccc(S(=O)(=O)N4CCCC4)cc3s2)CCC1=O. The Labute approximate surface area is 166 Å². The number of amides is 2. The van der Waals surface area contributed by atoms with Crippen molar-refractivity contribution < 1.29 is 18.0 Å². The van der Waals surface area contributed by atoms with Crippen LogP contribution in [0.2, 0.25) is 0 Å². The van der Waals surface area contributed by atoms with Crippen LogP contribution in [0.1, 0.15) is 25.7 Å². The first-order chi connectivity index (χ1) is 13.3. The summed E-state index contributed by atoms with van der Waals surface area (Å²) in [5, 5.41) is 8.19. The van der Waals surface area contributed by atoms with Gasteiger partial charge in [0.25, 0.3) is 5.91 Å². The molecule has 0 radical (unpaired) electrons. The van der Waals surface area contributed by atoms with Crippen LogP contribution in [-0.4, -0.2) is 60.4 Å². The molecule has 4 rings (SSSR count). The smallest absolute Gasteiger partial charge is 0.273 e. The molecule has 9 nitrogen and oxygen atoms in total. The molecule has 2 amide bonds. The van der Waals surface area contributed by atoms with Gasteiger partial charge in [-0.25, -0.2) is 18.4 Å². The maximum atomic E-state index is 12.7. The van der Waals surface area contributed by atoms with E-state index in [1.54, 1.807) is 18.2 Å². The van der Waals surface area contributed by atoms with Crippen LogP contribution in [0, 0.1) is 0 Å². The summed E-state index contributed by atoms with van der Waals surface area (Å²) in [6.07, 6.45) is 2.27. The Balaban J connectivity index is 1.56. The van der Waals surface area contributed by atoms with E-state index in [9.17, 15) is 18.0 Å². The molecule has 0 bridgehead atoms. The van der Waals surface area contributed by atoms with Gasteiger partial charge in [0.2, 0.25) is 15.9 Å². The molecule has 0 spiro atoms. The van der Waals surface area contributed by atoms with E-state index in [2.05, 4.69) is 15.4 Å². The van der Waals surface area contributed by atoms with E-state index in [1.807, 2.05) is 0 Å². The second-order valence-corrected chi connectivity index (χ2v) is 9.65. The van der Waals surface area contributed by atoms with Crippen molar-refractivity contribution in [3.8, 4) is 0 Å². The van der Waals surface area contributed by atoms with E-state index in [-0.39, 0.29) is 29.4 Å². The van der Waals surface area contributed by atoms with Crippen LogP contribution in [0.5, 0.6) is 0 Å². The average Bonchev–Trinajstić information content (AvgIpc) is 3.32. The standard InChI is InChI=1S/C17H19N5O4S2/c1-21-15(23)7-6-13(20-21)16(24)19-17-18-12-5-4-11(10-14(12)27-17)28(25,26)22-8-2-3-9-22/h4-5,10H,2-3,6-9H2,1H3,(H,18,19,24). The number of nitrogens with zero attached hydrogens (tertiary/aromatic N) is 4. The van der Waals surface area contributed by atoms with Gasteiger partial charge in [-0.15, -0.1) is 0 Å². The summed E-state index contributed by atoms with van der Waals surface area (Å²) in [5.41, 5.74) is 0.872. The van der Waals surface area contributed by atoms with Crippen molar-refractivity contribution in [1.82, 2.24) is 14.3 Å². The molecule has 0 unspecified atom stereocenters. The molecule has 148 valence electrons. The van der Waals surface area contributed by atoms with Gasteiger partial charge in [0, 0.05) is 33.0 Å². The third-order valence-corrected chi connectivity index (χ3v) is 7.58. The van der Waals surface area contributed by atoms with E-state index in [0.29, 0.717) is 28.4 Å². The van der Waals surface area contributed by atoms with Crippen molar-refractivity contribution in [2.24, 2.45) is 5.10 Å². The zero-order valence-corrected chi connectivity index (χ0v) is 16.8. The van der Waals surface area contributed by atoms with Crippen molar-refractivity contribution in [1.29, 1.82) is 0 Å². The number of rotatable bonds is 4. The number of carbonyl (C=O) groups is 2. The fourth-order valence-electron chi connectivity index (χ4n) is 3.20. The van der Waals surface area contributed by atoms with Crippen LogP contribution < -0.4 is 5.32 Å². The molecular weight excluding hydrogens is 402 g/mol. The van der Waals surface area contributed by atoms with Crippen molar-refractivity contribution in [2.75, 3.05) is 25.5 Å². The monoisotopic (exact) mass is 421 g/mol. The molecule has 0 atom stereocenters. The molecule has 3 heterocycles. The molecule has 28 heavy (non-hydrogen) atoms. The first-order valence-corrected chi connectivity index (χ1v) is 11.2. The predicted octanol–water partition coefficient (Wildman–Crippen LogP) is 1.63. The van der Waals surface area contributed by atoms with E-state index < -0.39 is 15.9 Å². The highest BCUT2D eigenvalue weighted by Gasteiger charge is 2.28. The van der Waals surface area contributed by atoms with E-state index in [4.69, 9.17) is 0 Å². The van der Waals surface area contributed by atoms with Gasteiger partial charge in [-0.05, 0) is 31.0 Å². The van der Waals surface area contributed by atoms with Crippen molar-refractivity contribution in [3.05, 3.63) is 18.2 Å². The van der Waals surface area contributed by atoms with E-state index >= 15 is 0 Å². The third kappa shape index (κ3) is 3.52. The molecule has 1 fully saturated rings. The summed E-state index contributed by atoms with van der Waals surface area (Å²) in [6.45, 7) is 1.09. The number of hydrogen-bond acceptors (Lipinski definition) is 7. The number of sulfonamides is 1.